The molecule has 4 nitrogen and oxygen atoms in total. The van der Waals surface area contributed by atoms with E-state index >= 15 is 0 Å². The lowest BCUT2D eigenvalue weighted by Gasteiger charge is -2.18. The lowest BCUT2D eigenvalue weighted by Crippen LogP contribution is -2.12. The van der Waals surface area contributed by atoms with Gasteiger partial charge in [-0.25, -0.2) is 0 Å². The van der Waals surface area contributed by atoms with Gasteiger partial charge in [0.05, 0.1) is 21.3 Å². The van der Waals surface area contributed by atoms with Gasteiger partial charge in [-0.2, -0.15) is 0 Å². The van der Waals surface area contributed by atoms with Crippen LogP contribution in [0.5, 0.6) is 17.2 Å². The second kappa shape index (κ2) is 6.31. The molecule has 0 spiro atoms. The zero-order valence-electron chi connectivity index (χ0n) is 11.4. The van der Waals surface area contributed by atoms with Gasteiger partial charge in [0.25, 0.3) is 0 Å². The van der Waals surface area contributed by atoms with Crippen molar-refractivity contribution in [1.29, 1.82) is 0 Å². The third-order valence-electron chi connectivity index (χ3n) is 2.70. The van der Waals surface area contributed by atoms with E-state index in [4.69, 9.17) is 19.9 Å². The molecule has 100 valence electrons. The van der Waals surface area contributed by atoms with Gasteiger partial charge in [-0.15, -0.1) is 6.58 Å². The Hall–Kier alpha value is -1.68. The number of methoxy groups -OCH3 is 3. The molecule has 1 aromatic carbocycles. The van der Waals surface area contributed by atoms with E-state index in [1.54, 1.807) is 27.4 Å². The lowest BCUT2D eigenvalue weighted by molar-refractivity contribution is 0.346. The molecule has 0 bridgehead atoms. The Bertz CT molecular complexity index is 429. The van der Waals surface area contributed by atoms with Crippen molar-refractivity contribution in [3.63, 3.8) is 0 Å². The fourth-order valence-electron chi connectivity index (χ4n) is 1.83. The Morgan fingerprint density at radius 1 is 1.11 bits per heavy atom. The molecule has 0 amide bonds. The number of nitrogens with two attached hydrogens (primary N) is 1. The van der Waals surface area contributed by atoms with Crippen molar-refractivity contribution in [2.24, 2.45) is 5.73 Å². The quantitative estimate of drug-likeness (QED) is 0.790. The van der Waals surface area contributed by atoms with Gasteiger partial charge in [0.1, 0.15) is 5.75 Å². The van der Waals surface area contributed by atoms with Crippen LogP contribution in [0.4, 0.5) is 0 Å². The van der Waals surface area contributed by atoms with Crippen LogP contribution in [0.15, 0.2) is 24.3 Å². The lowest BCUT2D eigenvalue weighted by atomic mass is 9.99. The highest BCUT2D eigenvalue weighted by atomic mass is 16.5. The molecule has 0 aliphatic heterocycles. The van der Waals surface area contributed by atoms with Gasteiger partial charge in [-0.1, -0.05) is 5.57 Å². The summed E-state index contributed by atoms with van der Waals surface area (Å²) in [7, 11) is 4.79. The van der Waals surface area contributed by atoms with Crippen LogP contribution in [0.25, 0.3) is 0 Å². The van der Waals surface area contributed by atoms with Crippen LogP contribution in [0.3, 0.4) is 0 Å². The van der Waals surface area contributed by atoms with Crippen molar-refractivity contribution in [3.05, 3.63) is 29.8 Å². The van der Waals surface area contributed by atoms with E-state index in [2.05, 4.69) is 6.58 Å². The Kier molecular flexibility index (Phi) is 5.04. The van der Waals surface area contributed by atoms with E-state index in [0.29, 0.717) is 23.7 Å². The maximum absolute atomic E-state index is 6.15. The Morgan fingerprint density at radius 3 is 2.06 bits per heavy atom. The summed E-state index contributed by atoms with van der Waals surface area (Å²) in [5.41, 5.74) is 8.06. The summed E-state index contributed by atoms with van der Waals surface area (Å²) in [4.78, 5) is 0. The van der Waals surface area contributed by atoms with Crippen molar-refractivity contribution in [1.82, 2.24) is 0 Å². The Balaban J connectivity index is 3.20. The number of hydrogen-bond acceptors (Lipinski definition) is 4. The van der Waals surface area contributed by atoms with Crippen LogP contribution in [0.1, 0.15) is 24.9 Å². The monoisotopic (exact) mass is 251 g/mol. The zero-order valence-corrected chi connectivity index (χ0v) is 11.4. The summed E-state index contributed by atoms with van der Waals surface area (Å²) in [6.07, 6.45) is 0.700. The van der Waals surface area contributed by atoms with E-state index < -0.39 is 0 Å². The molecule has 1 unspecified atom stereocenters. The number of ether oxygens (including phenoxy) is 3. The molecule has 0 radical (unpaired) electrons. The molecule has 0 aromatic heterocycles. The standard InChI is InChI=1S/C14H21NO3/c1-9(2)6-11(15)10-7-13(17-4)14(18-5)8-12(10)16-3/h7-8,11H,1,6,15H2,2-5H3. The summed E-state index contributed by atoms with van der Waals surface area (Å²) in [5, 5.41) is 0. The molecule has 1 atom stereocenters. The first-order valence-electron chi connectivity index (χ1n) is 5.73. The Labute approximate surface area is 108 Å². The summed E-state index contributed by atoms with van der Waals surface area (Å²) in [6, 6.07) is 3.47. The average molecular weight is 251 g/mol. The minimum atomic E-state index is -0.169. The second-order valence-electron chi connectivity index (χ2n) is 4.22. The smallest absolute Gasteiger partial charge is 0.164 e. The minimum Gasteiger partial charge on any atom is -0.496 e. The third-order valence-corrected chi connectivity index (χ3v) is 2.70. The van der Waals surface area contributed by atoms with E-state index in [1.165, 1.54) is 0 Å². The number of benzene rings is 1. The predicted octanol–water partition coefficient (Wildman–Crippen LogP) is 2.68. The third kappa shape index (κ3) is 3.17. The molecule has 0 aliphatic rings. The SMILES string of the molecule is C=C(C)CC(N)c1cc(OC)c(OC)cc1OC. The maximum Gasteiger partial charge on any atom is 0.164 e. The molecule has 0 saturated heterocycles. The summed E-state index contributed by atoms with van der Waals surface area (Å²) in [5.74, 6) is 1.97. The van der Waals surface area contributed by atoms with E-state index in [-0.39, 0.29) is 6.04 Å². The molecule has 0 saturated carbocycles. The van der Waals surface area contributed by atoms with Crippen LogP contribution in [-0.4, -0.2) is 21.3 Å². The molecule has 4 heteroatoms. The summed E-state index contributed by atoms with van der Waals surface area (Å²) in [6.45, 7) is 5.83. The summed E-state index contributed by atoms with van der Waals surface area (Å²) < 4.78 is 15.8. The molecular formula is C14H21NO3. The molecule has 0 aliphatic carbocycles. The fourth-order valence-corrected chi connectivity index (χ4v) is 1.83. The highest BCUT2D eigenvalue weighted by Crippen LogP contribution is 2.38. The van der Waals surface area contributed by atoms with Gasteiger partial charge in [0.15, 0.2) is 11.5 Å². The van der Waals surface area contributed by atoms with Crippen molar-refractivity contribution in [2.45, 2.75) is 19.4 Å². The topological polar surface area (TPSA) is 53.7 Å². The van der Waals surface area contributed by atoms with E-state index in [9.17, 15) is 0 Å². The zero-order chi connectivity index (χ0) is 13.7. The highest BCUT2D eigenvalue weighted by Gasteiger charge is 2.17. The van der Waals surface area contributed by atoms with Crippen LogP contribution >= 0.6 is 0 Å². The van der Waals surface area contributed by atoms with Crippen LogP contribution in [0.2, 0.25) is 0 Å². The van der Waals surface area contributed by atoms with Gasteiger partial charge in [0.2, 0.25) is 0 Å². The van der Waals surface area contributed by atoms with Gasteiger partial charge in [-0.05, 0) is 19.4 Å². The molecule has 0 heterocycles. The van der Waals surface area contributed by atoms with Gasteiger partial charge in [0, 0.05) is 17.7 Å². The normalized spacial score (nSPS) is 11.8. The average Bonchev–Trinajstić information content (AvgIpc) is 2.36. The first kappa shape index (κ1) is 14.4. The first-order chi connectivity index (χ1) is 8.53. The van der Waals surface area contributed by atoms with Crippen LogP contribution in [0, 0.1) is 0 Å². The highest BCUT2D eigenvalue weighted by molar-refractivity contribution is 5.51. The number of hydrogen-bond donors (Lipinski definition) is 1. The van der Waals surface area contributed by atoms with Gasteiger partial charge in [-0.3, -0.25) is 0 Å². The molecular weight excluding hydrogens is 230 g/mol. The van der Waals surface area contributed by atoms with Crippen LogP contribution < -0.4 is 19.9 Å². The summed E-state index contributed by atoms with van der Waals surface area (Å²) >= 11 is 0. The van der Waals surface area contributed by atoms with Crippen molar-refractivity contribution >= 4 is 0 Å². The van der Waals surface area contributed by atoms with E-state index in [1.807, 2.05) is 13.0 Å². The molecule has 0 fully saturated rings. The van der Waals surface area contributed by atoms with Crippen LogP contribution in [-0.2, 0) is 0 Å². The number of rotatable bonds is 6. The fraction of sp³-hybridized carbons (Fsp3) is 0.429. The Morgan fingerprint density at radius 2 is 1.61 bits per heavy atom. The van der Waals surface area contributed by atoms with Gasteiger partial charge < -0.3 is 19.9 Å². The second-order valence-corrected chi connectivity index (χ2v) is 4.22. The molecule has 1 rings (SSSR count). The maximum atomic E-state index is 6.15. The minimum absolute atomic E-state index is 0.169. The predicted molar refractivity (Wildman–Crippen MR) is 72.5 cm³/mol. The molecule has 2 N–H and O–H groups in total. The largest absolute Gasteiger partial charge is 0.496 e. The molecule has 18 heavy (non-hydrogen) atoms. The molecule has 1 aromatic rings. The van der Waals surface area contributed by atoms with Crippen molar-refractivity contribution in [2.75, 3.05) is 21.3 Å². The first-order valence-corrected chi connectivity index (χ1v) is 5.73. The van der Waals surface area contributed by atoms with Gasteiger partial charge >= 0.3 is 0 Å². The van der Waals surface area contributed by atoms with Crippen molar-refractivity contribution < 1.29 is 14.2 Å². The van der Waals surface area contributed by atoms with Crippen molar-refractivity contribution in [3.8, 4) is 17.2 Å². The van der Waals surface area contributed by atoms with E-state index in [0.717, 1.165) is 11.1 Å².